The maximum atomic E-state index is 5.95. The SMILES string of the molecule is Cc1cc(Cl)ccc1CNCCCN1CCCC1. The van der Waals surface area contributed by atoms with Crippen molar-refractivity contribution in [1.82, 2.24) is 10.2 Å². The number of benzene rings is 1. The molecule has 2 nitrogen and oxygen atoms in total. The number of aryl methyl sites for hydroxylation is 1. The second-order valence-corrected chi connectivity index (χ2v) is 5.59. The molecule has 1 N–H and O–H groups in total. The van der Waals surface area contributed by atoms with Crippen molar-refractivity contribution in [3.05, 3.63) is 34.3 Å². The van der Waals surface area contributed by atoms with E-state index in [1.165, 1.54) is 50.0 Å². The normalized spacial score (nSPS) is 16.3. The van der Waals surface area contributed by atoms with Crippen LogP contribution in [0.15, 0.2) is 18.2 Å². The zero-order valence-electron chi connectivity index (χ0n) is 11.2. The van der Waals surface area contributed by atoms with Gasteiger partial charge in [-0.15, -0.1) is 0 Å². The minimum absolute atomic E-state index is 0.824. The van der Waals surface area contributed by atoms with Crippen molar-refractivity contribution in [2.45, 2.75) is 32.7 Å². The summed E-state index contributed by atoms with van der Waals surface area (Å²) in [5, 5.41) is 4.34. The van der Waals surface area contributed by atoms with Crippen molar-refractivity contribution >= 4 is 11.6 Å². The smallest absolute Gasteiger partial charge is 0.0408 e. The molecule has 0 aromatic heterocycles. The monoisotopic (exact) mass is 266 g/mol. The molecule has 0 unspecified atom stereocenters. The first-order chi connectivity index (χ1) is 8.75. The molecule has 0 bridgehead atoms. The summed E-state index contributed by atoms with van der Waals surface area (Å²) in [6.45, 7) is 8.01. The average Bonchev–Trinajstić information content (AvgIpc) is 2.84. The minimum atomic E-state index is 0.824. The summed E-state index contributed by atoms with van der Waals surface area (Å²) < 4.78 is 0. The predicted molar refractivity (Wildman–Crippen MR) is 78.2 cm³/mol. The summed E-state index contributed by atoms with van der Waals surface area (Å²) in [4.78, 5) is 2.56. The van der Waals surface area contributed by atoms with Gasteiger partial charge in [0, 0.05) is 11.6 Å². The van der Waals surface area contributed by atoms with Gasteiger partial charge in [0.1, 0.15) is 0 Å². The molecule has 0 saturated carbocycles. The molecule has 0 spiro atoms. The molecule has 2 rings (SSSR count). The van der Waals surface area contributed by atoms with E-state index < -0.39 is 0 Å². The Labute approximate surface area is 115 Å². The van der Waals surface area contributed by atoms with Crippen LogP contribution in [0.1, 0.15) is 30.4 Å². The highest BCUT2D eigenvalue weighted by molar-refractivity contribution is 6.30. The lowest BCUT2D eigenvalue weighted by Crippen LogP contribution is -2.24. The molecule has 1 heterocycles. The fourth-order valence-corrected chi connectivity index (χ4v) is 2.74. The molecule has 0 amide bonds. The summed E-state index contributed by atoms with van der Waals surface area (Å²) >= 11 is 5.95. The molecule has 1 aromatic carbocycles. The number of halogens is 1. The Hall–Kier alpha value is -0.570. The maximum absolute atomic E-state index is 5.95. The van der Waals surface area contributed by atoms with E-state index in [0.717, 1.165) is 18.1 Å². The van der Waals surface area contributed by atoms with E-state index in [-0.39, 0.29) is 0 Å². The number of likely N-dealkylation sites (tertiary alicyclic amines) is 1. The van der Waals surface area contributed by atoms with Crippen LogP contribution in [-0.2, 0) is 6.54 Å². The van der Waals surface area contributed by atoms with Crippen molar-refractivity contribution in [3.63, 3.8) is 0 Å². The highest BCUT2D eigenvalue weighted by Gasteiger charge is 2.09. The van der Waals surface area contributed by atoms with Gasteiger partial charge in [-0.3, -0.25) is 0 Å². The first kappa shape index (κ1) is 13.9. The molecule has 18 heavy (non-hydrogen) atoms. The first-order valence-electron chi connectivity index (χ1n) is 6.94. The van der Waals surface area contributed by atoms with Crippen molar-refractivity contribution < 1.29 is 0 Å². The molecule has 1 saturated heterocycles. The Morgan fingerprint density at radius 3 is 2.78 bits per heavy atom. The third-order valence-corrected chi connectivity index (χ3v) is 3.88. The lowest BCUT2D eigenvalue weighted by molar-refractivity contribution is 0.331. The van der Waals surface area contributed by atoms with Gasteiger partial charge in [-0.05, 0) is 75.6 Å². The molecule has 1 aliphatic heterocycles. The molecule has 3 heteroatoms. The van der Waals surface area contributed by atoms with Crippen molar-refractivity contribution in [1.29, 1.82) is 0 Å². The van der Waals surface area contributed by atoms with E-state index in [1.807, 2.05) is 12.1 Å². The maximum Gasteiger partial charge on any atom is 0.0408 e. The lowest BCUT2D eigenvalue weighted by Gasteiger charge is -2.14. The van der Waals surface area contributed by atoms with E-state index in [4.69, 9.17) is 11.6 Å². The molecule has 0 radical (unpaired) electrons. The van der Waals surface area contributed by atoms with Crippen molar-refractivity contribution in [2.75, 3.05) is 26.2 Å². The van der Waals surface area contributed by atoms with Gasteiger partial charge in [-0.25, -0.2) is 0 Å². The van der Waals surface area contributed by atoms with Gasteiger partial charge >= 0.3 is 0 Å². The largest absolute Gasteiger partial charge is 0.313 e. The zero-order valence-corrected chi connectivity index (χ0v) is 12.0. The zero-order chi connectivity index (χ0) is 12.8. The van der Waals surface area contributed by atoms with Crippen LogP contribution in [0.3, 0.4) is 0 Å². The van der Waals surface area contributed by atoms with Crippen LogP contribution in [-0.4, -0.2) is 31.1 Å². The van der Waals surface area contributed by atoms with Crippen LogP contribution in [0.5, 0.6) is 0 Å². The molecule has 1 fully saturated rings. The molecule has 1 aliphatic rings. The number of hydrogen-bond donors (Lipinski definition) is 1. The third-order valence-electron chi connectivity index (χ3n) is 3.65. The molecule has 0 aliphatic carbocycles. The third kappa shape index (κ3) is 4.27. The van der Waals surface area contributed by atoms with Crippen LogP contribution < -0.4 is 5.32 Å². The minimum Gasteiger partial charge on any atom is -0.313 e. The van der Waals surface area contributed by atoms with Gasteiger partial charge in [0.2, 0.25) is 0 Å². The average molecular weight is 267 g/mol. The van der Waals surface area contributed by atoms with Gasteiger partial charge in [-0.1, -0.05) is 17.7 Å². The van der Waals surface area contributed by atoms with E-state index in [2.05, 4.69) is 23.2 Å². The molecule has 100 valence electrons. The molecular weight excluding hydrogens is 244 g/mol. The van der Waals surface area contributed by atoms with Crippen LogP contribution >= 0.6 is 11.6 Å². The lowest BCUT2D eigenvalue weighted by atomic mass is 10.1. The fraction of sp³-hybridized carbons (Fsp3) is 0.600. The van der Waals surface area contributed by atoms with Gasteiger partial charge in [0.05, 0.1) is 0 Å². The van der Waals surface area contributed by atoms with E-state index in [9.17, 15) is 0 Å². The summed E-state index contributed by atoms with van der Waals surface area (Å²) in [6.07, 6.45) is 4.02. The second kappa shape index (κ2) is 7.13. The summed E-state index contributed by atoms with van der Waals surface area (Å²) in [7, 11) is 0. The Balaban J connectivity index is 1.62. The quantitative estimate of drug-likeness (QED) is 0.796. The molecular formula is C15H23ClN2. The van der Waals surface area contributed by atoms with Gasteiger partial charge < -0.3 is 10.2 Å². The standard InChI is InChI=1S/C15H23ClN2/c1-13-11-15(16)6-5-14(13)12-17-7-4-10-18-8-2-3-9-18/h5-6,11,17H,2-4,7-10,12H2,1H3. The highest BCUT2D eigenvalue weighted by atomic mass is 35.5. The number of nitrogens with one attached hydrogen (secondary N) is 1. The van der Waals surface area contributed by atoms with Gasteiger partial charge in [0.25, 0.3) is 0 Å². The van der Waals surface area contributed by atoms with Gasteiger partial charge in [0.15, 0.2) is 0 Å². The Bertz CT molecular complexity index is 373. The number of nitrogens with zero attached hydrogens (tertiary/aromatic N) is 1. The van der Waals surface area contributed by atoms with E-state index in [0.29, 0.717) is 0 Å². The Morgan fingerprint density at radius 2 is 2.06 bits per heavy atom. The first-order valence-corrected chi connectivity index (χ1v) is 7.31. The van der Waals surface area contributed by atoms with Crippen molar-refractivity contribution in [2.24, 2.45) is 0 Å². The molecule has 1 aromatic rings. The second-order valence-electron chi connectivity index (χ2n) is 5.15. The van der Waals surface area contributed by atoms with Crippen molar-refractivity contribution in [3.8, 4) is 0 Å². The van der Waals surface area contributed by atoms with E-state index in [1.54, 1.807) is 0 Å². The number of hydrogen-bond acceptors (Lipinski definition) is 2. The summed E-state index contributed by atoms with van der Waals surface area (Å²) in [5.74, 6) is 0. The predicted octanol–water partition coefficient (Wildman–Crippen LogP) is 3.22. The number of rotatable bonds is 6. The van der Waals surface area contributed by atoms with Crippen LogP contribution in [0, 0.1) is 6.92 Å². The topological polar surface area (TPSA) is 15.3 Å². The van der Waals surface area contributed by atoms with Gasteiger partial charge in [-0.2, -0.15) is 0 Å². The van der Waals surface area contributed by atoms with Crippen LogP contribution in [0.2, 0.25) is 5.02 Å². The highest BCUT2D eigenvalue weighted by Crippen LogP contribution is 2.14. The summed E-state index contributed by atoms with van der Waals surface area (Å²) in [6, 6.07) is 6.11. The summed E-state index contributed by atoms with van der Waals surface area (Å²) in [5.41, 5.74) is 2.62. The fourth-order valence-electron chi connectivity index (χ4n) is 2.51. The molecule has 0 atom stereocenters. The van der Waals surface area contributed by atoms with Crippen LogP contribution in [0.25, 0.3) is 0 Å². The van der Waals surface area contributed by atoms with Crippen LogP contribution in [0.4, 0.5) is 0 Å². The Morgan fingerprint density at radius 1 is 1.28 bits per heavy atom. The Kier molecular flexibility index (Phi) is 5.48. The van der Waals surface area contributed by atoms with E-state index >= 15 is 0 Å².